The zero-order chi connectivity index (χ0) is 6.41. The molecule has 0 aliphatic carbocycles. The Morgan fingerprint density at radius 3 is 2.00 bits per heavy atom. The molecule has 0 saturated heterocycles. The van der Waals surface area contributed by atoms with Crippen molar-refractivity contribution in [3.8, 4) is 0 Å². The molecule has 0 aromatic heterocycles. The number of nitrogens with two attached hydrogens (primary N) is 1. The van der Waals surface area contributed by atoms with Crippen molar-refractivity contribution in [3.05, 3.63) is 0 Å². The first-order valence-corrected chi connectivity index (χ1v) is 3.36. The minimum absolute atomic E-state index is 0. The Hall–Kier alpha value is 4.07. The molecule has 0 rings (SSSR count). The average Bonchev–Trinajstić information content (AvgIpc) is 1.66. The van der Waals surface area contributed by atoms with Gasteiger partial charge in [-0.05, 0) is 0 Å². The third kappa shape index (κ3) is 29.2. The van der Waals surface area contributed by atoms with Crippen molar-refractivity contribution in [2.24, 2.45) is 5.73 Å². The zero-order valence-electron chi connectivity index (χ0n) is 4.26. The molecule has 0 radical (unpaired) electrons. The molecule has 0 aromatic rings. The van der Waals surface area contributed by atoms with Gasteiger partial charge in [0.05, 0.1) is 0 Å². The summed E-state index contributed by atoms with van der Waals surface area (Å²) in [5.41, 5.74) is 7.19. The van der Waals surface area contributed by atoms with E-state index in [1.54, 1.807) is 0 Å². The molecule has 10 heteroatoms. The Morgan fingerprint density at radius 1 is 1.33 bits per heavy atom. The summed E-state index contributed by atoms with van der Waals surface area (Å²) < 4.78 is 13.8. The third-order valence-electron chi connectivity index (χ3n) is 0.406. The van der Waals surface area contributed by atoms with E-state index in [1.807, 2.05) is 0 Å². The minimum atomic E-state index is -2.82. The van der Waals surface area contributed by atoms with Gasteiger partial charge in [0.25, 0.3) is 0 Å². The SMILES string of the molecule is NCCNO[PH](=O)O.[NaH].[NaH].[NaH].[NaH]. The maximum absolute atomic E-state index is 9.73. The van der Waals surface area contributed by atoms with Crippen molar-refractivity contribution < 1.29 is 14.1 Å². The molecular weight excluding hydrogens is 223 g/mol. The molecule has 0 heterocycles. The van der Waals surface area contributed by atoms with Crippen LogP contribution in [0.25, 0.3) is 0 Å². The summed E-state index contributed by atoms with van der Waals surface area (Å²) in [5, 5.41) is 0. The molecule has 12 heavy (non-hydrogen) atoms. The number of rotatable bonds is 4. The van der Waals surface area contributed by atoms with Crippen molar-refractivity contribution in [1.29, 1.82) is 0 Å². The first kappa shape index (κ1) is 29.8. The second kappa shape index (κ2) is 24.3. The van der Waals surface area contributed by atoms with Crippen molar-refractivity contribution in [2.45, 2.75) is 0 Å². The van der Waals surface area contributed by atoms with E-state index in [0.717, 1.165) is 0 Å². The molecule has 0 aliphatic heterocycles. The predicted molar refractivity (Wildman–Crippen MR) is 58.0 cm³/mol. The van der Waals surface area contributed by atoms with Crippen LogP contribution in [0, 0.1) is 0 Å². The summed E-state index contributed by atoms with van der Waals surface area (Å²) in [5.74, 6) is 0. The molecule has 0 bridgehead atoms. The van der Waals surface area contributed by atoms with Crippen LogP contribution < -0.4 is 11.2 Å². The van der Waals surface area contributed by atoms with E-state index in [9.17, 15) is 4.57 Å². The summed E-state index contributed by atoms with van der Waals surface area (Å²) in [6.07, 6.45) is 0. The van der Waals surface area contributed by atoms with Crippen LogP contribution in [0.4, 0.5) is 0 Å². The average molecular weight is 236 g/mol. The quantitative estimate of drug-likeness (QED) is 0.202. The van der Waals surface area contributed by atoms with Crippen LogP contribution in [0.1, 0.15) is 0 Å². The van der Waals surface area contributed by atoms with Crippen LogP contribution >= 0.6 is 8.25 Å². The first-order valence-electron chi connectivity index (χ1n) is 2.10. The fraction of sp³-hybridized carbons (Fsp3) is 1.00. The van der Waals surface area contributed by atoms with Crippen molar-refractivity contribution in [1.82, 2.24) is 5.48 Å². The molecule has 0 fully saturated rings. The van der Waals surface area contributed by atoms with Gasteiger partial charge in [-0.2, -0.15) is 5.48 Å². The van der Waals surface area contributed by atoms with E-state index in [2.05, 4.69) is 10.1 Å². The van der Waals surface area contributed by atoms with E-state index in [1.165, 1.54) is 0 Å². The molecule has 0 spiro atoms. The first-order chi connectivity index (χ1) is 3.77. The Kier molecular flexibility index (Phi) is 60.4. The van der Waals surface area contributed by atoms with Gasteiger partial charge in [-0.3, -0.25) is 4.57 Å². The maximum atomic E-state index is 9.73. The second-order valence-corrected chi connectivity index (χ2v) is 1.79. The van der Waals surface area contributed by atoms with Gasteiger partial charge in [0.15, 0.2) is 0 Å². The van der Waals surface area contributed by atoms with E-state index in [4.69, 9.17) is 10.6 Å². The summed E-state index contributed by atoms with van der Waals surface area (Å²) in [6.45, 7) is 0.770. The summed E-state index contributed by atoms with van der Waals surface area (Å²) in [6, 6.07) is 0. The van der Waals surface area contributed by atoms with Crippen LogP contribution in [-0.2, 0) is 9.19 Å². The summed E-state index contributed by atoms with van der Waals surface area (Å²) in [7, 11) is -2.82. The Labute approximate surface area is 161 Å². The molecule has 1 unspecified atom stereocenters. The topological polar surface area (TPSA) is 84.6 Å². The summed E-state index contributed by atoms with van der Waals surface area (Å²) >= 11 is 0. The van der Waals surface area contributed by atoms with Gasteiger partial charge >= 0.3 is 126 Å². The molecule has 4 N–H and O–H groups in total. The normalized spacial score (nSPS) is 9.17. The summed E-state index contributed by atoms with van der Waals surface area (Å²) in [4.78, 5) is 8.00. The number of hydrogen-bond donors (Lipinski definition) is 3. The Balaban J connectivity index is -0.0000000408. The molecule has 0 aromatic carbocycles. The van der Waals surface area contributed by atoms with E-state index >= 15 is 0 Å². The van der Waals surface area contributed by atoms with Crippen LogP contribution in [0.2, 0.25) is 0 Å². The standard InChI is InChI=1S/C2H9N2O3P.4Na.4H/c3-1-2-4-7-8(5)6;;;;;;;;/h4,8H,1-3H2,(H,5,6);;;;;;;;. The molecule has 58 valence electrons. The Morgan fingerprint density at radius 2 is 1.75 bits per heavy atom. The predicted octanol–water partition coefficient (Wildman–Crippen LogP) is -3.75. The van der Waals surface area contributed by atoms with Gasteiger partial charge in [-0.15, -0.1) is 0 Å². The van der Waals surface area contributed by atoms with Gasteiger partial charge in [0, 0.05) is 13.1 Å². The monoisotopic (exact) mass is 236 g/mol. The molecule has 0 amide bonds. The van der Waals surface area contributed by atoms with Crippen LogP contribution in [-0.4, -0.2) is 136 Å². The van der Waals surface area contributed by atoms with Gasteiger partial charge in [0.1, 0.15) is 0 Å². The van der Waals surface area contributed by atoms with Gasteiger partial charge in [-0.25, -0.2) is 4.62 Å². The number of hydroxylamine groups is 1. The number of nitrogens with one attached hydrogen (secondary N) is 1. The van der Waals surface area contributed by atoms with Crippen molar-refractivity contribution >= 4 is 126 Å². The van der Waals surface area contributed by atoms with Crippen molar-refractivity contribution in [3.63, 3.8) is 0 Å². The van der Waals surface area contributed by atoms with Gasteiger partial charge in [-0.1, -0.05) is 0 Å². The molecule has 1 atom stereocenters. The molecular formula is C2H13N2Na4O3P. The van der Waals surface area contributed by atoms with Crippen LogP contribution in [0.15, 0.2) is 0 Å². The van der Waals surface area contributed by atoms with E-state index in [0.29, 0.717) is 13.1 Å². The zero-order valence-corrected chi connectivity index (χ0v) is 5.26. The van der Waals surface area contributed by atoms with Gasteiger partial charge < -0.3 is 10.6 Å². The molecule has 5 nitrogen and oxygen atoms in total. The van der Waals surface area contributed by atoms with Crippen LogP contribution in [0.3, 0.4) is 0 Å². The van der Waals surface area contributed by atoms with Gasteiger partial charge in [0.2, 0.25) is 0 Å². The van der Waals surface area contributed by atoms with Crippen molar-refractivity contribution in [2.75, 3.05) is 13.1 Å². The second-order valence-electron chi connectivity index (χ2n) is 1.05. The third-order valence-corrected chi connectivity index (χ3v) is 0.725. The fourth-order valence-electron chi connectivity index (χ4n) is 0.172. The molecule has 0 aliphatic rings. The van der Waals surface area contributed by atoms with E-state index < -0.39 is 8.25 Å². The Bertz CT molecular complexity index is 88.7. The fourth-order valence-corrected chi connectivity index (χ4v) is 0.397. The van der Waals surface area contributed by atoms with E-state index in [-0.39, 0.29) is 118 Å². The molecule has 0 saturated carbocycles. The van der Waals surface area contributed by atoms with Crippen LogP contribution in [0.5, 0.6) is 0 Å². The number of hydrogen-bond acceptors (Lipinski definition) is 4.